The summed E-state index contributed by atoms with van der Waals surface area (Å²) in [7, 11) is 1.55. The Hall–Kier alpha value is -1.35. The van der Waals surface area contributed by atoms with Crippen molar-refractivity contribution in [1.82, 2.24) is 0 Å². The summed E-state index contributed by atoms with van der Waals surface area (Å²) in [5.74, 6) is 0. The summed E-state index contributed by atoms with van der Waals surface area (Å²) >= 11 is 0. The molecule has 0 N–H and O–H groups in total. The number of oxime groups is 1. The van der Waals surface area contributed by atoms with E-state index in [2.05, 4.69) is 9.89 Å². The van der Waals surface area contributed by atoms with Crippen LogP contribution in [0.25, 0.3) is 0 Å². The van der Waals surface area contributed by atoms with Crippen molar-refractivity contribution in [3.8, 4) is 0 Å². The minimum atomic E-state index is 0.184. The molecule has 0 bridgehead atoms. The average molecular weight is 165 g/mol. The molecule has 0 saturated heterocycles. The first-order valence-electron chi connectivity index (χ1n) is 3.63. The van der Waals surface area contributed by atoms with E-state index in [1.54, 1.807) is 13.3 Å². The number of methoxy groups -OCH3 is 1. The molecule has 0 amide bonds. The summed E-state index contributed by atoms with van der Waals surface area (Å²) in [5.41, 5.74) is 1.01. The van der Waals surface area contributed by atoms with Gasteiger partial charge >= 0.3 is 0 Å². The molecule has 0 heterocycles. The maximum atomic E-state index is 4.73. The molecule has 0 fully saturated rings. The first-order chi connectivity index (χ1) is 5.93. The molecule has 0 aliphatic heterocycles. The highest BCUT2D eigenvalue weighted by Gasteiger charge is 1.82. The van der Waals surface area contributed by atoms with Crippen molar-refractivity contribution in [2.24, 2.45) is 5.16 Å². The quantitative estimate of drug-likeness (QED) is 0.294. The third-order valence-electron chi connectivity index (χ3n) is 1.25. The summed E-state index contributed by atoms with van der Waals surface area (Å²) in [4.78, 5) is 4.73. The number of rotatable bonds is 4. The molecule has 1 aromatic carbocycles. The second-order valence-electron chi connectivity index (χ2n) is 2.18. The maximum Gasteiger partial charge on any atom is 0.216 e. The first kappa shape index (κ1) is 8.74. The Morgan fingerprint density at radius 2 is 2.08 bits per heavy atom. The molecule has 1 rings (SSSR count). The van der Waals surface area contributed by atoms with E-state index in [0.717, 1.165) is 5.56 Å². The van der Waals surface area contributed by atoms with Gasteiger partial charge in [-0.15, -0.1) is 0 Å². The fourth-order valence-corrected chi connectivity index (χ4v) is 0.720. The van der Waals surface area contributed by atoms with Gasteiger partial charge in [0.2, 0.25) is 6.79 Å². The molecule has 64 valence electrons. The second-order valence-corrected chi connectivity index (χ2v) is 2.18. The van der Waals surface area contributed by atoms with Gasteiger partial charge in [0.25, 0.3) is 0 Å². The number of hydrogen-bond donors (Lipinski definition) is 0. The highest BCUT2D eigenvalue weighted by atomic mass is 16.7. The van der Waals surface area contributed by atoms with Crippen molar-refractivity contribution >= 4 is 6.21 Å². The van der Waals surface area contributed by atoms with Crippen LogP contribution in [-0.2, 0) is 9.57 Å². The predicted octanol–water partition coefficient (Wildman–Crippen LogP) is 1.64. The Bertz CT molecular complexity index is 234. The SMILES string of the molecule is COCO/N=C/c1ccccc1. The number of hydrogen-bond acceptors (Lipinski definition) is 3. The smallest absolute Gasteiger partial charge is 0.216 e. The van der Waals surface area contributed by atoms with E-state index in [0.29, 0.717) is 0 Å². The molecule has 0 radical (unpaired) electrons. The number of nitrogens with zero attached hydrogens (tertiary/aromatic N) is 1. The fraction of sp³-hybridized carbons (Fsp3) is 0.222. The number of benzene rings is 1. The van der Waals surface area contributed by atoms with Crippen LogP contribution in [0.3, 0.4) is 0 Å². The third-order valence-corrected chi connectivity index (χ3v) is 1.25. The number of ether oxygens (including phenoxy) is 1. The summed E-state index contributed by atoms with van der Waals surface area (Å²) in [6.45, 7) is 0.184. The molecule has 0 spiro atoms. The second kappa shape index (κ2) is 5.32. The van der Waals surface area contributed by atoms with Crippen molar-refractivity contribution in [3.63, 3.8) is 0 Å². The van der Waals surface area contributed by atoms with E-state index in [9.17, 15) is 0 Å². The Kier molecular flexibility index (Phi) is 3.88. The largest absolute Gasteiger partial charge is 0.367 e. The van der Waals surface area contributed by atoms with Crippen LogP contribution >= 0.6 is 0 Å². The van der Waals surface area contributed by atoms with Crippen LogP contribution in [0, 0.1) is 0 Å². The lowest BCUT2D eigenvalue weighted by molar-refractivity contribution is -0.0275. The van der Waals surface area contributed by atoms with Gasteiger partial charge in [-0.3, -0.25) is 0 Å². The zero-order chi connectivity index (χ0) is 8.65. The molecule has 0 atom stereocenters. The van der Waals surface area contributed by atoms with Crippen LogP contribution in [-0.4, -0.2) is 20.1 Å². The van der Waals surface area contributed by atoms with Crippen molar-refractivity contribution in [1.29, 1.82) is 0 Å². The van der Waals surface area contributed by atoms with E-state index in [1.807, 2.05) is 30.3 Å². The average Bonchev–Trinajstić information content (AvgIpc) is 2.14. The molecule has 0 saturated carbocycles. The molecule has 0 unspecified atom stereocenters. The zero-order valence-electron chi connectivity index (χ0n) is 6.93. The van der Waals surface area contributed by atoms with Gasteiger partial charge in [-0.25, -0.2) is 0 Å². The topological polar surface area (TPSA) is 30.8 Å². The molecule has 12 heavy (non-hydrogen) atoms. The van der Waals surface area contributed by atoms with Crippen molar-refractivity contribution < 1.29 is 9.57 Å². The summed E-state index contributed by atoms with van der Waals surface area (Å²) in [5, 5.41) is 3.68. The van der Waals surface area contributed by atoms with Gasteiger partial charge in [0, 0.05) is 7.11 Å². The lowest BCUT2D eigenvalue weighted by Gasteiger charge is -1.94. The van der Waals surface area contributed by atoms with Crippen molar-refractivity contribution in [2.75, 3.05) is 13.9 Å². The molecular weight excluding hydrogens is 154 g/mol. The monoisotopic (exact) mass is 165 g/mol. The first-order valence-corrected chi connectivity index (χ1v) is 3.63. The van der Waals surface area contributed by atoms with Gasteiger partial charge in [0.1, 0.15) is 0 Å². The summed E-state index contributed by atoms with van der Waals surface area (Å²) < 4.78 is 4.64. The van der Waals surface area contributed by atoms with E-state index in [1.165, 1.54) is 0 Å². The van der Waals surface area contributed by atoms with Gasteiger partial charge in [-0.05, 0) is 5.56 Å². The van der Waals surface area contributed by atoms with Gasteiger partial charge in [0.05, 0.1) is 6.21 Å². The summed E-state index contributed by atoms with van der Waals surface area (Å²) in [6, 6.07) is 9.72. The highest BCUT2D eigenvalue weighted by Crippen LogP contribution is 1.93. The molecule has 0 aromatic heterocycles. The van der Waals surface area contributed by atoms with Gasteiger partial charge in [-0.1, -0.05) is 35.5 Å². The molecule has 3 nitrogen and oxygen atoms in total. The Morgan fingerprint density at radius 1 is 1.33 bits per heavy atom. The zero-order valence-corrected chi connectivity index (χ0v) is 6.93. The van der Waals surface area contributed by atoms with Crippen LogP contribution in [0.4, 0.5) is 0 Å². The van der Waals surface area contributed by atoms with Crippen LogP contribution < -0.4 is 0 Å². The van der Waals surface area contributed by atoms with E-state index in [4.69, 9.17) is 4.84 Å². The molecular formula is C9H11NO2. The minimum absolute atomic E-state index is 0.184. The van der Waals surface area contributed by atoms with Gasteiger partial charge < -0.3 is 9.57 Å². The standard InChI is InChI=1S/C9H11NO2/c1-11-8-12-10-7-9-5-3-2-4-6-9/h2-7H,8H2,1H3/b10-7+. The normalized spacial score (nSPS) is 10.4. The van der Waals surface area contributed by atoms with E-state index >= 15 is 0 Å². The Morgan fingerprint density at radius 3 is 2.75 bits per heavy atom. The van der Waals surface area contributed by atoms with Crippen LogP contribution in [0.2, 0.25) is 0 Å². The van der Waals surface area contributed by atoms with Crippen molar-refractivity contribution in [2.45, 2.75) is 0 Å². The van der Waals surface area contributed by atoms with Crippen molar-refractivity contribution in [3.05, 3.63) is 35.9 Å². The van der Waals surface area contributed by atoms with Gasteiger partial charge in [0.15, 0.2) is 0 Å². The van der Waals surface area contributed by atoms with E-state index in [-0.39, 0.29) is 6.79 Å². The molecule has 0 aliphatic rings. The van der Waals surface area contributed by atoms with Crippen LogP contribution in [0.15, 0.2) is 35.5 Å². The molecule has 3 heteroatoms. The Balaban J connectivity index is 2.36. The lowest BCUT2D eigenvalue weighted by atomic mass is 10.2. The van der Waals surface area contributed by atoms with Crippen LogP contribution in [0.5, 0.6) is 0 Å². The third kappa shape index (κ3) is 3.16. The fourth-order valence-electron chi connectivity index (χ4n) is 0.720. The summed E-state index contributed by atoms with van der Waals surface area (Å²) in [6.07, 6.45) is 1.64. The predicted molar refractivity (Wildman–Crippen MR) is 47.0 cm³/mol. The maximum absolute atomic E-state index is 4.73. The Labute approximate surface area is 71.6 Å². The van der Waals surface area contributed by atoms with Gasteiger partial charge in [-0.2, -0.15) is 0 Å². The minimum Gasteiger partial charge on any atom is -0.367 e. The highest BCUT2D eigenvalue weighted by molar-refractivity contribution is 5.78. The lowest BCUT2D eigenvalue weighted by Crippen LogP contribution is -1.90. The molecule has 1 aromatic rings. The molecule has 0 aliphatic carbocycles. The van der Waals surface area contributed by atoms with E-state index < -0.39 is 0 Å². The van der Waals surface area contributed by atoms with Crippen LogP contribution in [0.1, 0.15) is 5.56 Å².